The van der Waals surface area contributed by atoms with Gasteiger partial charge < -0.3 is 15.8 Å². The number of carbonyl (C=O) groups is 1. The highest BCUT2D eigenvalue weighted by atomic mass is 16.5. The average molecular weight is 306 g/mol. The molecular formula is C18H30N2O2. The first-order valence-corrected chi connectivity index (χ1v) is 7.84. The second kappa shape index (κ2) is 7.52. The molecule has 0 aromatic heterocycles. The number of hydrogen-bond acceptors (Lipinski definition) is 4. The molecule has 0 bridgehead atoms. The van der Waals surface area contributed by atoms with E-state index in [1.807, 2.05) is 12.1 Å². The minimum Gasteiger partial charge on any atom is -0.469 e. The van der Waals surface area contributed by atoms with Gasteiger partial charge in [0.2, 0.25) is 0 Å². The van der Waals surface area contributed by atoms with Crippen molar-refractivity contribution >= 4 is 17.3 Å². The van der Waals surface area contributed by atoms with Crippen LogP contribution in [0.1, 0.15) is 52.5 Å². The average Bonchev–Trinajstić information content (AvgIpc) is 2.41. The van der Waals surface area contributed by atoms with E-state index in [0.29, 0.717) is 12.3 Å². The Hall–Kier alpha value is -1.71. The molecule has 1 unspecified atom stereocenters. The highest BCUT2D eigenvalue weighted by Crippen LogP contribution is 2.32. The third-order valence-corrected chi connectivity index (χ3v) is 3.73. The van der Waals surface area contributed by atoms with Crippen LogP contribution in [0.4, 0.5) is 11.4 Å². The van der Waals surface area contributed by atoms with Crippen LogP contribution in [-0.2, 0) is 9.53 Å². The molecule has 4 nitrogen and oxygen atoms in total. The van der Waals surface area contributed by atoms with Crippen LogP contribution < -0.4 is 11.1 Å². The molecule has 0 saturated heterocycles. The maximum atomic E-state index is 11.6. The third kappa shape index (κ3) is 5.58. The number of rotatable bonds is 6. The Balaban J connectivity index is 2.91. The van der Waals surface area contributed by atoms with E-state index in [0.717, 1.165) is 23.5 Å². The first-order chi connectivity index (χ1) is 10.1. The van der Waals surface area contributed by atoms with Crippen LogP contribution in [0.25, 0.3) is 0 Å². The van der Waals surface area contributed by atoms with E-state index in [1.54, 1.807) is 0 Å². The Morgan fingerprint density at radius 2 is 1.95 bits per heavy atom. The Morgan fingerprint density at radius 1 is 1.32 bits per heavy atom. The van der Waals surface area contributed by atoms with E-state index in [-0.39, 0.29) is 17.3 Å². The van der Waals surface area contributed by atoms with Gasteiger partial charge in [-0.25, -0.2) is 0 Å². The van der Waals surface area contributed by atoms with Crippen molar-refractivity contribution in [1.82, 2.24) is 0 Å². The fraction of sp³-hybridized carbons (Fsp3) is 0.611. The van der Waals surface area contributed by atoms with Gasteiger partial charge in [-0.2, -0.15) is 0 Å². The minimum absolute atomic E-state index is 0.117. The zero-order valence-corrected chi connectivity index (χ0v) is 14.7. The lowest BCUT2D eigenvalue weighted by atomic mass is 9.85. The summed E-state index contributed by atoms with van der Waals surface area (Å²) in [7, 11) is 1.42. The number of ether oxygens (including phenoxy) is 1. The van der Waals surface area contributed by atoms with Crippen LogP contribution >= 0.6 is 0 Å². The number of anilines is 2. The number of esters is 1. The molecule has 124 valence electrons. The number of methoxy groups -OCH3 is 1. The lowest BCUT2D eigenvalue weighted by Gasteiger charge is -2.23. The van der Waals surface area contributed by atoms with E-state index >= 15 is 0 Å². The zero-order chi connectivity index (χ0) is 16.9. The van der Waals surface area contributed by atoms with Crippen molar-refractivity contribution in [2.45, 2.75) is 47.0 Å². The number of carbonyl (C=O) groups excluding carboxylic acids is 1. The molecule has 22 heavy (non-hydrogen) atoms. The van der Waals surface area contributed by atoms with E-state index < -0.39 is 0 Å². The van der Waals surface area contributed by atoms with Crippen LogP contribution in [0.3, 0.4) is 0 Å². The topological polar surface area (TPSA) is 64.3 Å². The second-order valence-electron chi connectivity index (χ2n) is 7.39. The van der Waals surface area contributed by atoms with Crippen molar-refractivity contribution in [3.63, 3.8) is 0 Å². The molecule has 1 atom stereocenters. The summed E-state index contributed by atoms with van der Waals surface area (Å²) in [6, 6.07) is 6.02. The standard InChI is InChI=1S/C18H30N2O2/c1-12(2)14(10-17(21)22-6)13-7-8-16(15(19)9-13)20-11-18(3,4)5/h7-9,12,14,20H,10-11,19H2,1-6H3. The van der Waals surface area contributed by atoms with Gasteiger partial charge in [0.05, 0.1) is 24.9 Å². The number of nitrogens with two attached hydrogens (primary N) is 1. The largest absolute Gasteiger partial charge is 0.469 e. The fourth-order valence-corrected chi connectivity index (χ4v) is 2.33. The van der Waals surface area contributed by atoms with Crippen molar-refractivity contribution in [2.24, 2.45) is 11.3 Å². The van der Waals surface area contributed by atoms with Gasteiger partial charge in [0.15, 0.2) is 0 Å². The SMILES string of the molecule is COC(=O)CC(c1ccc(NCC(C)(C)C)c(N)c1)C(C)C. The lowest BCUT2D eigenvalue weighted by molar-refractivity contribution is -0.141. The van der Waals surface area contributed by atoms with E-state index in [9.17, 15) is 4.79 Å². The molecule has 0 saturated carbocycles. The number of hydrogen-bond donors (Lipinski definition) is 2. The lowest BCUT2D eigenvalue weighted by Crippen LogP contribution is -2.20. The molecule has 1 aromatic rings. The van der Waals surface area contributed by atoms with Crippen LogP contribution in [0, 0.1) is 11.3 Å². The van der Waals surface area contributed by atoms with E-state index in [2.05, 4.69) is 46.0 Å². The molecule has 4 heteroatoms. The summed E-state index contributed by atoms with van der Waals surface area (Å²) in [6.07, 6.45) is 0.377. The smallest absolute Gasteiger partial charge is 0.306 e. The van der Waals surface area contributed by atoms with Crippen LogP contribution in [0.5, 0.6) is 0 Å². The summed E-state index contributed by atoms with van der Waals surface area (Å²) >= 11 is 0. The zero-order valence-electron chi connectivity index (χ0n) is 14.7. The Morgan fingerprint density at radius 3 is 2.41 bits per heavy atom. The highest BCUT2D eigenvalue weighted by molar-refractivity contribution is 5.71. The summed E-state index contributed by atoms with van der Waals surface area (Å²) < 4.78 is 4.80. The van der Waals surface area contributed by atoms with Crippen molar-refractivity contribution in [2.75, 3.05) is 24.7 Å². The van der Waals surface area contributed by atoms with Gasteiger partial charge in [-0.05, 0) is 34.9 Å². The molecule has 0 heterocycles. The first kappa shape index (κ1) is 18.3. The predicted molar refractivity (Wildman–Crippen MR) is 93.0 cm³/mol. The van der Waals surface area contributed by atoms with Crippen molar-refractivity contribution in [3.05, 3.63) is 23.8 Å². The Labute approximate surface area is 134 Å². The van der Waals surface area contributed by atoms with Gasteiger partial charge in [-0.15, -0.1) is 0 Å². The molecule has 0 spiro atoms. The molecule has 0 aliphatic rings. The molecule has 0 amide bonds. The molecule has 1 rings (SSSR count). The third-order valence-electron chi connectivity index (χ3n) is 3.73. The van der Waals surface area contributed by atoms with Crippen LogP contribution in [0.15, 0.2) is 18.2 Å². The number of nitrogens with one attached hydrogen (secondary N) is 1. The maximum Gasteiger partial charge on any atom is 0.306 e. The highest BCUT2D eigenvalue weighted by Gasteiger charge is 2.21. The Kier molecular flexibility index (Phi) is 6.27. The first-order valence-electron chi connectivity index (χ1n) is 7.84. The van der Waals surface area contributed by atoms with Crippen LogP contribution in [-0.4, -0.2) is 19.6 Å². The van der Waals surface area contributed by atoms with E-state index in [4.69, 9.17) is 10.5 Å². The predicted octanol–water partition coefficient (Wildman–Crippen LogP) is 4.03. The summed E-state index contributed by atoms with van der Waals surface area (Å²) in [4.78, 5) is 11.6. The van der Waals surface area contributed by atoms with Crippen molar-refractivity contribution in [3.8, 4) is 0 Å². The quantitative estimate of drug-likeness (QED) is 0.615. The van der Waals surface area contributed by atoms with Gasteiger partial charge in [0, 0.05) is 6.54 Å². The molecule has 0 fully saturated rings. The molecule has 0 aliphatic heterocycles. The van der Waals surface area contributed by atoms with Crippen molar-refractivity contribution in [1.29, 1.82) is 0 Å². The molecule has 1 aromatic carbocycles. The second-order valence-corrected chi connectivity index (χ2v) is 7.39. The molecule has 0 radical (unpaired) electrons. The summed E-state index contributed by atoms with van der Waals surface area (Å²) in [6.45, 7) is 11.6. The minimum atomic E-state index is -0.188. The van der Waals surface area contributed by atoms with E-state index in [1.165, 1.54) is 7.11 Å². The molecule has 0 aliphatic carbocycles. The van der Waals surface area contributed by atoms with Gasteiger partial charge in [0.25, 0.3) is 0 Å². The number of nitrogen functional groups attached to an aromatic ring is 1. The Bertz CT molecular complexity index is 504. The van der Waals surface area contributed by atoms with Gasteiger partial charge >= 0.3 is 5.97 Å². The van der Waals surface area contributed by atoms with Crippen LogP contribution in [0.2, 0.25) is 0 Å². The summed E-state index contributed by atoms with van der Waals surface area (Å²) in [5.74, 6) is 0.269. The maximum absolute atomic E-state index is 11.6. The number of benzene rings is 1. The normalized spacial score (nSPS) is 13.0. The molecule has 3 N–H and O–H groups in total. The summed E-state index contributed by atoms with van der Waals surface area (Å²) in [5.41, 5.74) is 9.11. The summed E-state index contributed by atoms with van der Waals surface area (Å²) in [5, 5.41) is 3.38. The van der Waals surface area contributed by atoms with Gasteiger partial charge in [-0.3, -0.25) is 4.79 Å². The van der Waals surface area contributed by atoms with Crippen molar-refractivity contribution < 1.29 is 9.53 Å². The van der Waals surface area contributed by atoms with Gasteiger partial charge in [-0.1, -0.05) is 40.7 Å². The fourth-order valence-electron chi connectivity index (χ4n) is 2.33. The monoisotopic (exact) mass is 306 g/mol. The van der Waals surface area contributed by atoms with Gasteiger partial charge in [0.1, 0.15) is 0 Å². The molecular weight excluding hydrogens is 276 g/mol.